The smallest absolute Gasteiger partial charge is 0.344 e. The zero-order chi connectivity index (χ0) is 15.9. The Morgan fingerprint density at radius 3 is 2.68 bits per heavy atom. The van der Waals surface area contributed by atoms with Crippen LogP contribution in [0.2, 0.25) is 5.02 Å². The summed E-state index contributed by atoms with van der Waals surface area (Å²) >= 11 is 5.90. The molecule has 0 radical (unpaired) electrons. The first-order valence-corrected chi connectivity index (χ1v) is 7.34. The third-order valence-electron chi connectivity index (χ3n) is 3.21. The minimum absolute atomic E-state index is 0.223. The first kappa shape index (κ1) is 16.6. The number of esters is 1. The molecule has 0 bridgehead atoms. The van der Waals surface area contributed by atoms with E-state index in [1.165, 1.54) is 0 Å². The van der Waals surface area contributed by atoms with Crippen LogP contribution in [0, 0.1) is 6.92 Å². The molecule has 1 fully saturated rings. The van der Waals surface area contributed by atoms with Gasteiger partial charge in [0.1, 0.15) is 5.75 Å². The Balaban J connectivity index is 1.71. The van der Waals surface area contributed by atoms with E-state index in [4.69, 9.17) is 25.8 Å². The number of amides is 1. The highest BCUT2D eigenvalue weighted by atomic mass is 35.5. The molecule has 0 unspecified atom stereocenters. The number of aryl methyl sites for hydroxylation is 1. The van der Waals surface area contributed by atoms with Gasteiger partial charge in [0.25, 0.3) is 5.91 Å². The van der Waals surface area contributed by atoms with Gasteiger partial charge >= 0.3 is 5.97 Å². The Hall–Kier alpha value is -1.79. The Morgan fingerprint density at radius 2 is 2.00 bits per heavy atom. The molecule has 0 saturated carbocycles. The van der Waals surface area contributed by atoms with Crippen molar-refractivity contribution in [3.05, 3.63) is 28.8 Å². The van der Waals surface area contributed by atoms with E-state index in [9.17, 15) is 9.59 Å². The van der Waals surface area contributed by atoms with Gasteiger partial charge in [-0.05, 0) is 30.7 Å². The van der Waals surface area contributed by atoms with Crippen LogP contribution in [0.15, 0.2) is 18.2 Å². The van der Waals surface area contributed by atoms with Gasteiger partial charge in [0, 0.05) is 18.1 Å². The van der Waals surface area contributed by atoms with Gasteiger partial charge in [-0.2, -0.15) is 0 Å². The predicted molar refractivity (Wildman–Crippen MR) is 80.0 cm³/mol. The van der Waals surface area contributed by atoms with E-state index < -0.39 is 5.97 Å². The van der Waals surface area contributed by atoms with E-state index in [1.807, 2.05) is 6.92 Å². The minimum Gasteiger partial charge on any atom is -0.482 e. The second kappa shape index (κ2) is 8.00. The summed E-state index contributed by atoms with van der Waals surface area (Å²) in [6.07, 6.45) is 0. The summed E-state index contributed by atoms with van der Waals surface area (Å²) in [4.78, 5) is 25.0. The lowest BCUT2D eigenvalue weighted by Crippen LogP contribution is -2.42. The monoisotopic (exact) mass is 327 g/mol. The second-order valence-electron chi connectivity index (χ2n) is 4.85. The van der Waals surface area contributed by atoms with Crippen LogP contribution in [0.5, 0.6) is 5.75 Å². The molecule has 0 spiro atoms. The summed E-state index contributed by atoms with van der Waals surface area (Å²) in [7, 11) is 0. The fraction of sp³-hybridized carbons (Fsp3) is 0.467. The molecular formula is C15H18ClNO5. The van der Waals surface area contributed by atoms with Gasteiger partial charge in [0.2, 0.25) is 0 Å². The van der Waals surface area contributed by atoms with Gasteiger partial charge in [0.05, 0.1) is 13.2 Å². The molecule has 6 nitrogen and oxygen atoms in total. The molecule has 1 amide bonds. The quantitative estimate of drug-likeness (QED) is 0.765. The number of carbonyl (C=O) groups is 2. The van der Waals surface area contributed by atoms with Crippen molar-refractivity contribution < 1.29 is 23.8 Å². The number of nitrogens with zero attached hydrogens (tertiary/aromatic N) is 1. The van der Waals surface area contributed by atoms with Crippen LogP contribution >= 0.6 is 11.6 Å². The molecule has 0 aliphatic carbocycles. The van der Waals surface area contributed by atoms with Crippen LogP contribution < -0.4 is 4.74 Å². The Morgan fingerprint density at radius 1 is 1.27 bits per heavy atom. The van der Waals surface area contributed by atoms with Crippen LogP contribution in [0.1, 0.15) is 5.56 Å². The molecule has 1 aliphatic heterocycles. The van der Waals surface area contributed by atoms with Gasteiger partial charge in [0.15, 0.2) is 13.2 Å². The Bertz CT molecular complexity index is 543. The SMILES string of the molecule is Cc1cc(OCC(=O)OCC(=O)N2CCOCC2)ccc1Cl. The molecule has 120 valence electrons. The van der Waals surface area contributed by atoms with Crippen molar-refractivity contribution in [1.82, 2.24) is 4.90 Å². The minimum atomic E-state index is -0.589. The highest BCUT2D eigenvalue weighted by molar-refractivity contribution is 6.31. The topological polar surface area (TPSA) is 65.1 Å². The number of benzene rings is 1. The van der Waals surface area contributed by atoms with Gasteiger partial charge < -0.3 is 19.1 Å². The highest BCUT2D eigenvalue weighted by Crippen LogP contribution is 2.20. The maximum atomic E-state index is 11.8. The number of carbonyl (C=O) groups excluding carboxylic acids is 2. The van der Waals surface area contributed by atoms with E-state index >= 15 is 0 Å². The maximum Gasteiger partial charge on any atom is 0.344 e. The molecule has 0 N–H and O–H groups in total. The molecule has 1 aromatic carbocycles. The first-order valence-electron chi connectivity index (χ1n) is 6.96. The number of rotatable bonds is 5. The lowest BCUT2D eigenvalue weighted by Gasteiger charge is -2.26. The lowest BCUT2D eigenvalue weighted by molar-refractivity contribution is -0.155. The molecule has 7 heteroatoms. The van der Waals surface area contributed by atoms with E-state index in [0.29, 0.717) is 37.1 Å². The lowest BCUT2D eigenvalue weighted by atomic mass is 10.2. The van der Waals surface area contributed by atoms with Gasteiger partial charge in [-0.15, -0.1) is 0 Å². The summed E-state index contributed by atoms with van der Waals surface area (Å²) in [5.74, 6) is -0.286. The average Bonchev–Trinajstić information content (AvgIpc) is 2.54. The molecule has 0 atom stereocenters. The summed E-state index contributed by atoms with van der Waals surface area (Å²) < 4.78 is 15.4. The van der Waals surface area contributed by atoms with Crippen molar-refractivity contribution in [2.45, 2.75) is 6.92 Å². The summed E-state index contributed by atoms with van der Waals surface area (Å²) in [6.45, 7) is 3.39. The normalized spacial score (nSPS) is 14.5. The molecule has 1 heterocycles. The average molecular weight is 328 g/mol. The zero-order valence-corrected chi connectivity index (χ0v) is 13.1. The van der Waals surface area contributed by atoms with Crippen LogP contribution in [-0.2, 0) is 19.1 Å². The largest absolute Gasteiger partial charge is 0.482 e. The highest BCUT2D eigenvalue weighted by Gasteiger charge is 2.18. The van der Waals surface area contributed by atoms with Crippen LogP contribution in [0.25, 0.3) is 0 Å². The fourth-order valence-electron chi connectivity index (χ4n) is 1.94. The maximum absolute atomic E-state index is 11.8. The molecule has 0 aromatic heterocycles. The number of morpholine rings is 1. The van der Waals surface area contributed by atoms with Crippen molar-refractivity contribution in [3.8, 4) is 5.75 Å². The molecule has 1 aliphatic rings. The third kappa shape index (κ3) is 4.89. The van der Waals surface area contributed by atoms with Crippen molar-refractivity contribution >= 4 is 23.5 Å². The number of ether oxygens (including phenoxy) is 3. The predicted octanol–water partition coefficient (Wildman–Crippen LogP) is 1.43. The first-order chi connectivity index (χ1) is 10.6. The van der Waals surface area contributed by atoms with Gasteiger partial charge in [-0.25, -0.2) is 4.79 Å². The standard InChI is InChI=1S/C15H18ClNO5/c1-11-8-12(2-3-13(11)16)21-10-15(19)22-9-14(18)17-4-6-20-7-5-17/h2-3,8H,4-7,9-10H2,1H3. The molecule has 2 rings (SSSR count). The second-order valence-corrected chi connectivity index (χ2v) is 5.26. The van der Waals surface area contributed by atoms with E-state index in [1.54, 1.807) is 23.1 Å². The van der Waals surface area contributed by atoms with Crippen molar-refractivity contribution in [2.24, 2.45) is 0 Å². The number of halogens is 1. The summed E-state index contributed by atoms with van der Waals surface area (Å²) in [5, 5.41) is 0.631. The van der Waals surface area contributed by atoms with Crippen LogP contribution in [0.3, 0.4) is 0 Å². The van der Waals surface area contributed by atoms with Crippen molar-refractivity contribution in [3.63, 3.8) is 0 Å². The zero-order valence-electron chi connectivity index (χ0n) is 12.3. The number of hydrogen-bond acceptors (Lipinski definition) is 5. The van der Waals surface area contributed by atoms with Crippen molar-refractivity contribution in [1.29, 1.82) is 0 Å². The fourth-order valence-corrected chi connectivity index (χ4v) is 2.05. The molecular weight excluding hydrogens is 310 g/mol. The Labute approximate surface area is 133 Å². The van der Waals surface area contributed by atoms with Crippen LogP contribution in [0.4, 0.5) is 0 Å². The van der Waals surface area contributed by atoms with Crippen LogP contribution in [-0.4, -0.2) is 56.3 Å². The molecule has 1 aromatic rings. The summed E-state index contributed by atoms with van der Waals surface area (Å²) in [5.41, 5.74) is 0.857. The number of hydrogen-bond donors (Lipinski definition) is 0. The van der Waals surface area contributed by atoms with Gasteiger partial charge in [-0.3, -0.25) is 4.79 Å². The third-order valence-corrected chi connectivity index (χ3v) is 3.63. The van der Waals surface area contributed by atoms with E-state index in [0.717, 1.165) is 5.56 Å². The van der Waals surface area contributed by atoms with E-state index in [-0.39, 0.29) is 19.1 Å². The summed E-state index contributed by atoms with van der Waals surface area (Å²) in [6, 6.07) is 5.09. The molecule has 22 heavy (non-hydrogen) atoms. The van der Waals surface area contributed by atoms with Gasteiger partial charge in [-0.1, -0.05) is 11.6 Å². The Kier molecular flexibility index (Phi) is 6.03. The van der Waals surface area contributed by atoms with Crippen molar-refractivity contribution in [2.75, 3.05) is 39.5 Å². The molecule has 1 saturated heterocycles. The van der Waals surface area contributed by atoms with E-state index in [2.05, 4.69) is 0 Å².